The Morgan fingerprint density at radius 1 is 1.02 bits per heavy atom. The third kappa shape index (κ3) is 4.90. The maximum absolute atomic E-state index is 15.9. The Morgan fingerprint density at radius 3 is 2.51 bits per heavy atom. The molecule has 3 aromatic rings. The Balaban J connectivity index is 1.35. The minimum atomic E-state index is -2.06. The third-order valence-corrected chi connectivity index (χ3v) is 14.2. The van der Waals surface area contributed by atoms with E-state index in [9.17, 15) is 24.9 Å². The van der Waals surface area contributed by atoms with Crippen molar-refractivity contribution in [2.75, 3.05) is 47.0 Å². The number of ether oxygens (including phenoxy) is 6. The van der Waals surface area contributed by atoms with Crippen molar-refractivity contribution in [1.82, 2.24) is 15.1 Å². The van der Waals surface area contributed by atoms with E-state index in [0.29, 0.717) is 70.0 Å². The molecular formula is C39H43N3O12S. The van der Waals surface area contributed by atoms with Crippen LogP contribution in [0, 0.1) is 13.8 Å². The molecule has 7 heterocycles. The molecule has 0 saturated carbocycles. The minimum absolute atomic E-state index is 0.0529. The molecule has 8 atom stereocenters. The van der Waals surface area contributed by atoms with Crippen LogP contribution in [-0.4, -0.2) is 107 Å². The summed E-state index contributed by atoms with van der Waals surface area (Å²) in [6, 6.07) is 2.16. The molecule has 4 bridgehead atoms. The van der Waals surface area contributed by atoms with Crippen molar-refractivity contribution in [3.8, 4) is 40.2 Å². The van der Waals surface area contributed by atoms with Crippen molar-refractivity contribution < 1.29 is 57.5 Å². The second-order valence-corrected chi connectivity index (χ2v) is 16.7. The van der Waals surface area contributed by atoms with E-state index in [1.165, 1.54) is 21.1 Å². The lowest BCUT2D eigenvalue weighted by Crippen LogP contribution is -2.70. The molecule has 10 rings (SSSR count). The average molecular weight is 778 g/mol. The van der Waals surface area contributed by atoms with Crippen molar-refractivity contribution >= 4 is 22.7 Å². The highest BCUT2D eigenvalue weighted by atomic mass is 32.2. The first-order valence-electron chi connectivity index (χ1n) is 18.2. The van der Waals surface area contributed by atoms with Gasteiger partial charge in [0.2, 0.25) is 6.79 Å². The van der Waals surface area contributed by atoms with Crippen LogP contribution in [0.25, 0.3) is 0 Å². The van der Waals surface area contributed by atoms with Gasteiger partial charge in [0.05, 0.1) is 49.4 Å². The maximum Gasteiger partial charge on any atom is 0.332 e. The van der Waals surface area contributed by atoms with E-state index in [1.807, 2.05) is 29.8 Å². The number of rotatable bonds is 3. The second-order valence-electron chi connectivity index (χ2n) is 15.1. The first-order chi connectivity index (χ1) is 26.3. The Labute approximate surface area is 319 Å². The van der Waals surface area contributed by atoms with Gasteiger partial charge in [-0.25, -0.2) is 4.79 Å². The Bertz CT molecular complexity index is 2210. The molecular weight excluding hydrogens is 735 g/mol. The topological polar surface area (TPSA) is 186 Å². The molecule has 1 spiro atoms. The predicted octanol–water partition coefficient (Wildman–Crippen LogP) is 2.43. The predicted molar refractivity (Wildman–Crippen MR) is 195 cm³/mol. The van der Waals surface area contributed by atoms with Gasteiger partial charge in [0.1, 0.15) is 18.6 Å². The van der Waals surface area contributed by atoms with E-state index in [1.54, 1.807) is 19.1 Å². The van der Waals surface area contributed by atoms with E-state index in [2.05, 4.69) is 5.32 Å². The lowest BCUT2D eigenvalue weighted by molar-refractivity contribution is -0.186. The highest BCUT2D eigenvalue weighted by molar-refractivity contribution is 7.85. The van der Waals surface area contributed by atoms with E-state index in [0.717, 1.165) is 11.1 Å². The molecule has 0 amide bonds. The smallest absolute Gasteiger partial charge is 0.332 e. The number of hydrogen-bond donors (Lipinski definition) is 4. The number of likely N-dealkylation sites (N-methyl/N-ethyl adjacent to an activating group) is 1. The van der Waals surface area contributed by atoms with Crippen molar-refractivity contribution in [3.63, 3.8) is 0 Å². The molecule has 7 aliphatic rings. The molecule has 15 nitrogen and oxygen atoms in total. The molecule has 0 aromatic heterocycles. The van der Waals surface area contributed by atoms with Crippen LogP contribution < -0.4 is 29.0 Å². The SMILES string of the molecule is COc1cc2c(cc1O)CCN[C@]21CS(=O)[C@@H]2c3c(OC(C)=O)c(C)c4c(c3[C@@H](COC1=O)N1C2[C@@H]2c3c(cc(C)c(OC)c3O)C[C@H]([C@@H]1O)N2C)OCO4. The molecule has 4 N–H and O–H groups in total. The summed E-state index contributed by atoms with van der Waals surface area (Å²) < 4.78 is 51.5. The molecule has 2 fully saturated rings. The van der Waals surface area contributed by atoms with Crippen LogP contribution in [0.2, 0.25) is 0 Å². The van der Waals surface area contributed by atoms with Gasteiger partial charge in [-0.1, -0.05) is 6.07 Å². The average Bonchev–Trinajstić information content (AvgIpc) is 3.64. The summed E-state index contributed by atoms with van der Waals surface area (Å²) in [4.78, 5) is 31.5. The number of benzene rings is 3. The number of phenolic OH excluding ortho intramolecular Hbond substituents is 2. The molecule has 2 saturated heterocycles. The number of nitrogens with one attached hydrogen (secondary N) is 1. The van der Waals surface area contributed by atoms with Gasteiger partial charge in [0.15, 0.2) is 40.0 Å². The highest BCUT2D eigenvalue weighted by Gasteiger charge is 2.63. The van der Waals surface area contributed by atoms with Crippen LogP contribution in [-0.2, 0) is 43.5 Å². The van der Waals surface area contributed by atoms with Gasteiger partial charge < -0.3 is 43.7 Å². The van der Waals surface area contributed by atoms with Gasteiger partial charge in [-0.2, -0.15) is 0 Å². The summed E-state index contributed by atoms with van der Waals surface area (Å²) in [5.41, 5.74) is 2.93. The van der Waals surface area contributed by atoms with Gasteiger partial charge in [-0.3, -0.25) is 24.1 Å². The number of carbonyl (C=O) groups excluding carboxylic acids is 2. The zero-order valence-electron chi connectivity index (χ0n) is 31.3. The number of esters is 2. The fourth-order valence-electron chi connectivity index (χ4n) is 10.2. The molecule has 0 aliphatic carbocycles. The quantitative estimate of drug-likeness (QED) is 0.224. The number of aliphatic hydroxyl groups is 1. The van der Waals surface area contributed by atoms with Gasteiger partial charge in [-0.05, 0) is 68.1 Å². The molecule has 16 heteroatoms. The van der Waals surface area contributed by atoms with Crippen LogP contribution in [0.1, 0.15) is 68.8 Å². The number of piperazine rings is 1. The Morgan fingerprint density at radius 2 is 1.78 bits per heavy atom. The van der Waals surface area contributed by atoms with Crippen LogP contribution >= 0.6 is 0 Å². The molecule has 7 aliphatic heterocycles. The zero-order valence-corrected chi connectivity index (χ0v) is 32.1. The largest absolute Gasteiger partial charge is 0.504 e. The van der Waals surface area contributed by atoms with E-state index in [-0.39, 0.29) is 42.2 Å². The number of phenols is 2. The summed E-state index contributed by atoms with van der Waals surface area (Å²) in [5.74, 6) is -0.492. The van der Waals surface area contributed by atoms with Crippen molar-refractivity contribution in [2.24, 2.45) is 0 Å². The zero-order chi connectivity index (χ0) is 38.8. The number of methoxy groups -OCH3 is 2. The lowest BCUT2D eigenvalue weighted by Gasteiger charge is -2.62. The summed E-state index contributed by atoms with van der Waals surface area (Å²) >= 11 is 0. The fraction of sp³-hybridized carbons (Fsp3) is 0.487. The summed E-state index contributed by atoms with van der Waals surface area (Å²) in [6.45, 7) is 4.77. The van der Waals surface area contributed by atoms with Gasteiger partial charge >= 0.3 is 11.9 Å². The monoisotopic (exact) mass is 777 g/mol. The Kier molecular flexibility index (Phi) is 8.33. The van der Waals surface area contributed by atoms with Crippen LogP contribution in [0.4, 0.5) is 0 Å². The van der Waals surface area contributed by atoms with Crippen LogP contribution in [0.3, 0.4) is 0 Å². The van der Waals surface area contributed by atoms with Crippen molar-refractivity contribution in [3.05, 3.63) is 62.7 Å². The van der Waals surface area contributed by atoms with Crippen LogP contribution in [0.15, 0.2) is 18.2 Å². The number of hydrogen-bond acceptors (Lipinski definition) is 15. The number of aromatic hydroxyl groups is 2. The lowest BCUT2D eigenvalue weighted by atomic mass is 9.73. The number of aliphatic hydroxyl groups excluding tert-OH is 1. The summed E-state index contributed by atoms with van der Waals surface area (Å²) in [6.07, 6.45) is -0.330. The first kappa shape index (κ1) is 36.1. The minimum Gasteiger partial charge on any atom is -0.504 e. The molecule has 292 valence electrons. The number of carbonyl (C=O) groups is 2. The third-order valence-electron chi connectivity index (χ3n) is 12.4. The molecule has 55 heavy (non-hydrogen) atoms. The number of nitrogens with zero attached hydrogens (tertiary/aromatic N) is 2. The maximum atomic E-state index is 15.9. The molecule has 2 unspecified atom stereocenters. The fourth-order valence-corrected chi connectivity index (χ4v) is 12.3. The van der Waals surface area contributed by atoms with Gasteiger partial charge in [0.25, 0.3) is 0 Å². The first-order valence-corrected chi connectivity index (χ1v) is 19.6. The summed E-state index contributed by atoms with van der Waals surface area (Å²) in [7, 11) is 2.72. The van der Waals surface area contributed by atoms with Crippen LogP contribution in [0.5, 0.6) is 40.2 Å². The van der Waals surface area contributed by atoms with Gasteiger partial charge in [-0.15, -0.1) is 0 Å². The van der Waals surface area contributed by atoms with E-state index >= 15 is 4.21 Å². The second kappa shape index (κ2) is 12.7. The van der Waals surface area contributed by atoms with E-state index in [4.69, 9.17) is 28.4 Å². The van der Waals surface area contributed by atoms with E-state index < -0.39 is 63.9 Å². The van der Waals surface area contributed by atoms with Gasteiger partial charge in [0, 0.05) is 46.5 Å². The van der Waals surface area contributed by atoms with Crippen molar-refractivity contribution in [2.45, 2.75) is 74.8 Å². The molecule has 0 radical (unpaired) electrons. The Hall–Kier alpha value is -4.61. The highest BCUT2D eigenvalue weighted by Crippen LogP contribution is 2.63. The number of fused-ring (bicyclic) bond motifs is 9. The number of aryl methyl sites for hydroxylation is 1. The standard InChI is InChI=1S/C39H43N3O12S/c1-16-9-20-10-22-37(46)42-23-13-51-38(47)39(21-12-25(49-5)24(44)11-19(21)7-8-40-39)14-55(48)36(30(42)29(41(22)4)26(20)31(45)32(16)50-6)28-27(23)35-34(52-15-53-35)17(2)33(28)54-18(3)43/h9,11-12,22-23,29-30,36-37,40,44-46H,7-8,10,13-15H2,1-6H3/t22-,23-,29+,30?,36-,37+,39-,55?/m1/s1. The van der Waals surface area contributed by atoms with Crippen molar-refractivity contribution in [1.29, 1.82) is 0 Å². The normalized spacial score (nSPS) is 30.5. The molecule has 3 aromatic carbocycles. The summed E-state index contributed by atoms with van der Waals surface area (Å²) in [5, 5.41) is 37.6.